The largest absolute Gasteiger partial charge is 0.698 e. The molecule has 2 rings (SSSR count). The van der Waals surface area contributed by atoms with Crippen molar-refractivity contribution in [1.29, 1.82) is 0 Å². The first-order valence-corrected chi connectivity index (χ1v) is 4.78. The minimum atomic E-state index is -1.88. The van der Waals surface area contributed by atoms with Crippen molar-refractivity contribution >= 4 is 59.6 Å². The van der Waals surface area contributed by atoms with Gasteiger partial charge in [-0.15, -0.1) is 9.05 Å². The van der Waals surface area contributed by atoms with Gasteiger partial charge in [0.1, 0.15) is 6.61 Å². The summed E-state index contributed by atoms with van der Waals surface area (Å²) in [6, 6.07) is 9.64. The Labute approximate surface area is 120 Å². The van der Waals surface area contributed by atoms with Gasteiger partial charge in [-0.05, 0) is 5.56 Å². The van der Waals surface area contributed by atoms with Crippen LogP contribution in [0.15, 0.2) is 30.3 Å². The third kappa shape index (κ3) is 3.18. The second kappa shape index (κ2) is 5.68. The summed E-state index contributed by atoms with van der Waals surface area (Å²) in [5, 5.41) is 0. The van der Waals surface area contributed by atoms with E-state index in [1.54, 1.807) is 0 Å². The molecule has 1 aromatic rings. The summed E-state index contributed by atoms with van der Waals surface area (Å²) in [5.74, 6) is 0. The van der Waals surface area contributed by atoms with Gasteiger partial charge in [-0.3, -0.25) is 0 Å². The zero-order valence-corrected chi connectivity index (χ0v) is 11.4. The Morgan fingerprint density at radius 3 is 2.54 bits per heavy atom. The molecule has 13 heavy (non-hydrogen) atoms. The van der Waals surface area contributed by atoms with Crippen molar-refractivity contribution in [3.8, 4) is 0 Å². The van der Waals surface area contributed by atoms with Crippen LogP contribution in [0.2, 0.25) is 0 Å². The fourth-order valence-corrected chi connectivity index (χ4v) is 1.83. The van der Waals surface area contributed by atoms with Crippen LogP contribution in [0, 0.1) is 0 Å². The predicted octanol–water partition coefficient (Wildman–Crippen LogP) is 2.05. The maximum Gasteiger partial charge on any atom is 0.698 e. The van der Waals surface area contributed by atoms with Crippen LogP contribution in [0.1, 0.15) is 11.7 Å². The van der Waals surface area contributed by atoms with E-state index < -0.39 is 8.25 Å². The summed E-state index contributed by atoms with van der Waals surface area (Å²) in [7, 11) is -1.88. The van der Waals surface area contributed by atoms with Gasteiger partial charge in [0, 0.05) is 55.9 Å². The molecule has 63 valence electrons. The van der Waals surface area contributed by atoms with E-state index in [1.165, 1.54) is 0 Å². The molecule has 3 nitrogen and oxygen atoms in total. The first kappa shape index (κ1) is 11.9. The van der Waals surface area contributed by atoms with Crippen LogP contribution < -0.4 is 0 Å². The molecule has 1 heterocycles. The van der Waals surface area contributed by atoms with Gasteiger partial charge < -0.3 is 0 Å². The molecule has 1 radical (unpaired) electrons. The van der Waals surface area contributed by atoms with Crippen molar-refractivity contribution in [3.05, 3.63) is 35.9 Å². The standard InChI is InChI=1S/C8H8O3P.K/c9-12-10-6-8(11-12)7-4-2-1-3-5-7;/h1-5,8H,6H2;/q+1;. The quantitative estimate of drug-likeness (QED) is 0.539. The van der Waals surface area contributed by atoms with E-state index in [-0.39, 0.29) is 57.5 Å². The van der Waals surface area contributed by atoms with Crippen molar-refractivity contribution in [2.45, 2.75) is 6.10 Å². The predicted molar refractivity (Wildman–Crippen MR) is 49.6 cm³/mol. The maximum atomic E-state index is 10.7. The van der Waals surface area contributed by atoms with Crippen LogP contribution in [-0.2, 0) is 13.6 Å². The molecule has 0 bridgehead atoms. The summed E-state index contributed by atoms with van der Waals surface area (Å²) in [4.78, 5) is 0. The Balaban J connectivity index is 0.000000845. The molecular formula is C8H8KO3P+. The van der Waals surface area contributed by atoms with Gasteiger partial charge in [-0.1, -0.05) is 30.3 Å². The van der Waals surface area contributed by atoms with Crippen molar-refractivity contribution in [3.63, 3.8) is 0 Å². The topological polar surface area (TPSA) is 35.5 Å². The average Bonchev–Trinajstić information content (AvgIpc) is 2.54. The number of benzene rings is 1. The van der Waals surface area contributed by atoms with Gasteiger partial charge in [-0.2, -0.15) is 0 Å². The van der Waals surface area contributed by atoms with Gasteiger partial charge >= 0.3 is 8.25 Å². The molecule has 2 unspecified atom stereocenters. The van der Waals surface area contributed by atoms with Gasteiger partial charge in [-0.25, -0.2) is 0 Å². The van der Waals surface area contributed by atoms with Crippen molar-refractivity contribution in [2.75, 3.05) is 6.61 Å². The molecule has 1 aliphatic heterocycles. The Morgan fingerprint density at radius 1 is 1.31 bits per heavy atom. The normalized spacial score (nSPS) is 24.0. The van der Waals surface area contributed by atoms with Crippen molar-refractivity contribution < 1.29 is 13.6 Å². The molecule has 0 N–H and O–H groups in total. The third-order valence-electron chi connectivity index (χ3n) is 1.72. The molecule has 0 amide bonds. The molecule has 0 spiro atoms. The summed E-state index contributed by atoms with van der Waals surface area (Å²) >= 11 is 0. The maximum absolute atomic E-state index is 10.7. The van der Waals surface area contributed by atoms with E-state index in [0.717, 1.165) is 5.56 Å². The van der Waals surface area contributed by atoms with E-state index in [1.807, 2.05) is 30.3 Å². The summed E-state index contributed by atoms with van der Waals surface area (Å²) in [6.07, 6.45) is -0.158. The minimum Gasteiger partial charge on any atom is -0.116 e. The minimum absolute atomic E-state index is 0. The molecule has 1 saturated heterocycles. The second-order valence-electron chi connectivity index (χ2n) is 2.52. The number of hydrogen-bond donors (Lipinski definition) is 0. The molecule has 0 saturated carbocycles. The van der Waals surface area contributed by atoms with Crippen LogP contribution in [0.3, 0.4) is 0 Å². The van der Waals surface area contributed by atoms with Gasteiger partial charge in [0.15, 0.2) is 6.10 Å². The summed E-state index contributed by atoms with van der Waals surface area (Å²) in [6.45, 7) is 0.388. The van der Waals surface area contributed by atoms with Crippen LogP contribution in [0.5, 0.6) is 0 Å². The SMILES string of the molecule is O=[P+]1OCC(c2ccccc2)O1.[K]. The van der Waals surface area contributed by atoms with Gasteiger partial charge in [0.25, 0.3) is 0 Å². The van der Waals surface area contributed by atoms with E-state index in [4.69, 9.17) is 9.05 Å². The van der Waals surface area contributed by atoms with Gasteiger partial charge in [0.2, 0.25) is 0 Å². The van der Waals surface area contributed by atoms with Crippen molar-refractivity contribution in [2.24, 2.45) is 0 Å². The summed E-state index contributed by atoms with van der Waals surface area (Å²) < 4.78 is 20.6. The zero-order chi connectivity index (χ0) is 8.39. The zero-order valence-electron chi connectivity index (χ0n) is 7.34. The molecule has 1 fully saturated rings. The Morgan fingerprint density at radius 2 is 2.00 bits per heavy atom. The van der Waals surface area contributed by atoms with Gasteiger partial charge in [0.05, 0.1) is 0 Å². The van der Waals surface area contributed by atoms with E-state index in [0.29, 0.717) is 6.61 Å². The Hall–Kier alpha value is 0.876. The molecule has 0 aromatic heterocycles. The molecule has 2 atom stereocenters. The first-order chi connectivity index (χ1) is 5.86. The van der Waals surface area contributed by atoms with E-state index in [2.05, 4.69) is 0 Å². The Kier molecular flexibility index (Phi) is 5.22. The molecule has 1 aliphatic rings. The molecule has 1 aromatic carbocycles. The molecule has 5 heteroatoms. The van der Waals surface area contributed by atoms with E-state index >= 15 is 0 Å². The fraction of sp³-hybridized carbons (Fsp3) is 0.250. The van der Waals surface area contributed by atoms with E-state index in [9.17, 15) is 4.57 Å². The van der Waals surface area contributed by atoms with Crippen LogP contribution in [0.4, 0.5) is 0 Å². The second-order valence-corrected chi connectivity index (χ2v) is 3.44. The Bertz CT molecular complexity index is 291. The van der Waals surface area contributed by atoms with Crippen LogP contribution in [-0.4, -0.2) is 58.0 Å². The van der Waals surface area contributed by atoms with Crippen molar-refractivity contribution in [1.82, 2.24) is 0 Å². The van der Waals surface area contributed by atoms with Crippen LogP contribution in [0.25, 0.3) is 0 Å². The third-order valence-corrected chi connectivity index (χ3v) is 2.50. The summed E-state index contributed by atoms with van der Waals surface area (Å²) in [5.41, 5.74) is 1.01. The number of rotatable bonds is 1. The van der Waals surface area contributed by atoms with Crippen LogP contribution >= 0.6 is 8.25 Å². The smallest absolute Gasteiger partial charge is 0.116 e. The first-order valence-electron chi connectivity index (χ1n) is 3.68. The molecular weight excluding hydrogens is 214 g/mol. The molecule has 0 aliphatic carbocycles. The average molecular weight is 222 g/mol. The number of hydrogen-bond acceptors (Lipinski definition) is 3. The fourth-order valence-electron chi connectivity index (χ4n) is 1.12. The monoisotopic (exact) mass is 222 g/mol.